The lowest BCUT2D eigenvalue weighted by atomic mass is 10.0. The van der Waals surface area contributed by atoms with Gasteiger partial charge in [-0.25, -0.2) is 4.98 Å². The van der Waals surface area contributed by atoms with Crippen LogP contribution in [0.25, 0.3) is 44.0 Å². The van der Waals surface area contributed by atoms with Crippen LogP contribution in [0.15, 0.2) is 66.7 Å². The summed E-state index contributed by atoms with van der Waals surface area (Å²) in [5.41, 5.74) is 3.17. The van der Waals surface area contributed by atoms with E-state index in [2.05, 4.69) is 41.4 Å². The SMILES string of the molecule is N#Cc1cccc(C#N)c1-c1nc2c3ccccc3c3ccccc3c2[nH]1. The van der Waals surface area contributed by atoms with Gasteiger partial charge in [-0.05, 0) is 22.9 Å². The van der Waals surface area contributed by atoms with Crippen molar-refractivity contribution in [1.29, 1.82) is 10.5 Å². The Balaban J connectivity index is 1.98. The number of hydrogen-bond donors (Lipinski definition) is 1. The van der Waals surface area contributed by atoms with Gasteiger partial charge in [0.1, 0.15) is 5.82 Å². The van der Waals surface area contributed by atoms with Gasteiger partial charge in [-0.15, -0.1) is 0 Å². The molecule has 0 spiro atoms. The molecular weight excluding hydrogens is 332 g/mol. The summed E-state index contributed by atoms with van der Waals surface area (Å²) in [7, 11) is 0. The number of hydrogen-bond acceptors (Lipinski definition) is 3. The maximum atomic E-state index is 9.52. The number of aromatic nitrogens is 2. The van der Waals surface area contributed by atoms with Gasteiger partial charge in [-0.1, -0.05) is 54.6 Å². The number of imidazole rings is 1. The molecule has 4 heteroatoms. The van der Waals surface area contributed by atoms with Gasteiger partial charge in [0, 0.05) is 10.8 Å². The smallest absolute Gasteiger partial charge is 0.141 e. The minimum atomic E-state index is 0.432. The maximum absolute atomic E-state index is 9.52. The summed E-state index contributed by atoms with van der Waals surface area (Å²) in [6, 6.07) is 25.8. The third kappa shape index (κ3) is 2.11. The fourth-order valence-corrected chi connectivity index (χ4v) is 3.74. The highest BCUT2D eigenvalue weighted by Gasteiger charge is 2.17. The molecule has 0 aliphatic rings. The van der Waals surface area contributed by atoms with Crippen LogP contribution in [0.3, 0.4) is 0 Å². The fraction of sp³-hybridized carbons (Fsp3) is 0. The topological polar surface area (TPSA) is 76.3 Å². The third-order valence-corrected chi connectivity index (χ3v) is 4.91. The molecule has 0 aliphatic heterocycles. The van der Waals surface area contributed by atoms with Crippen molar-refractivity contribution < 1.29 is 0 Å². The highest BCUT2D eigenvalue weighted by Crippen LogP contribution is 2.36. The number of fused-ring (bicyclic) bond motifs is 6. The zero-order valence-corrected chi connectivity index (χ0v) is 14.2. The first kappa shape index (κ1) is 15.1. The molecule has 0 bridgehead atoms. The Hall–Kier alpha value is -4.15. The minimum absolute atomic E-state index is 0.432. The Kier molecular flexibility index (Phi) is 3.19. The van der Waals surface area contributed by atoms with Crippen LogP contribution in [0.5, 0.6) is 0 Å². The number of benzene rings is 4. The van der Waals surface area contributed by atoms with E-state index in [9.17, 15) is 10.5 Å². The lowest BCUT2D eigenvalue weighted by molar-refractivity contribution is 1.31. The molecule has 0 unspecified atom stereocenters. The van der Waals surface area contributed by atoms with Crippen LogP contribution in [-0.4, -0.2) is 9.97 Å². The third-order valence-electron chi connectivity index (χ3n) is 4.91. The second-order valence-electron chi connectivity index (χ2n) is 6.35. The molecule has 0 atom stereocenters. The molecule has 0 aliphatic carbocycles. The number of H-pyrrole nitrogens is 1. The number of aromatic amines is 1. The van der Waals surface area contributed by atoms with Crippen molar-refractivity contribution >= 4 is 32.6 Å². The fourth-order valence-electron chi connectivity index (χ4n) is 3.74. The van der Waals surface area contributed by atoms with Gasteiger partial charge in [0.25, 0.3) is 0 Å². The molecule has 5 aromatic rings. The molecule has 4 aromatic carbocycles. The molecule has 0 fully saturated rings. The molecule has 124 valence electrons. The standard InChI is InChI=1S/C23H12N4/c24-12-14-6-5-7-15(13-25)20(14)23-26-21-18-10-3-1-8-16(18)17-9-2-4-11-19(17)22(21)27-23/h1-11H,(H,26,27). The predicted octanol–water partition coefficient (Wildman–Crippen LogP) is 5.28. The van der Waals surface area contributed by atoms with Crippen LogP contribution in [-0.2, 0) is 0 Å². The molecule has 1 aromatic heterocycles. The molecule has 1 N–H and O–H groups in total. The van der Waals surface area contributed by atoms with Crippen LogP contribution in [0.1, 0.15) is 11.1 Å². The number of nitrogens with one attached hydrogen (secondary N) is 1. The van der Waals surface area contributed by atoms with Crippen molar-refractivity contribution in [2.24, 2.45) is 0 Å². The first-order valence-corrected chi connectivity index (χ1v) is 8.54. The summed E-state index contributed by atoms with van der Waals surface area (Å²) in [6.07, 6.45) is 0. The summed E-state index contributed by atoms with van der Waals surface area (Å²) >= 11 is 0. The van der Waals surface area contributed by atoms with Crippen LogP contribution in [0, 0.1) is 22.7 Å². The van der Waals surface area contributed by atoms with Crippen LogP contribution >= 0.6 is 0 Å². The Morgan fingerprint density at radius 2 is 1.22 bits per heavy atom. The van der Waals surface area contributed by atoms with Crippen molar-refractivity contribution in [3.05, 3.63) is 77.9 Å². The zero-order chi connectivity index (χ0) is 18.4. The average Bonchev–Trinajstić information content (AvgIpc) is 3.18. The van der Waals surface area contributed by atoms with Crippen molar-refractivity contribution in [3.8, 4) is 23.5 Å². The monoisotopic (exact) mass is 344 g/mol. The molecule has 0 amide bonds. The van der Waals surface area contributed by atoms with Crippen LogP contribution in [0.4, 0.5) is 0 Å². The summed E-state index contributed by atoms with van der Waals surface area (Å²) < 4.78 is 0. The van der Waals surface area contributed by atoms with E-state index in [0.29, 0.717) is 22.5 Å². The van der Waals surface area contributed by atoms with Gasteiger partial charge in [-0.3, -0.25) is 0 Å². The van der Waals surface area contributed by atoms with E-state index < -0.39 is 0 Å². The predicted molar refractivity (Wildman–Crippen MR) is 106 cm³/mol. The molecular formula is C23H12N4. The van der Waals surface area contributed by atoms with Crippen LogP contribution < -0.4 is 0 Å². The molecule has 27 heavy (non-hydrogen) atoms. The van der Waals surface area contributed by atoms with Crippen molar-refractivity contribution in [2.75, 3.05) is 0 Å². The lowest BCUT2D eigenvalue weighted by Gasteiger charge is -2.05. The van der Waals surface area contributed by atoms with Gasteiger partial charge in [-0.2, -0.15) is 10.5 Å². The summed E-state index contributed by atoms with van der Waals surface area (Å²) in [6.45, 7) is 0. The normalized spacial score (nSPS) is 10.9. The van der Waals surface area contributed by atoms with Crippen LogP contribution in [0.2, 0.25) is 0 Å². The highest BCUT2D eigenvalue weighted by atomic mass is 14.9. The quantitative estimate of drug-likeness (QED) is 0.420. The molecule has 0 saturated heterocycles. The van der Waals surface area contributed by atoms with Gasteiger partial charge >= 0.3 is 0 Å². The van der Waals surface area contributed by atoms with E-state index in [1.807, 2.05) is 24.3 Å². The second-order valence-corrected chi connectivity index (χ2v) is 6.35. The Bertz CT molecular complexity index is 1340. The Morgan fingerprint density at radius 1 is 0.667 bits per heavy atom. The van der Waals surface area contributed by atoms with E-state index in [4.69, 9.17) is 4.98 Å². The number of nitriles is 2. The highest BCUT2D eigenvalue weighted by molar-refractivity contribution is 6.23. The first-order chi connectivity index (χ1) is 13.3. The van der Waals surface area contributed by atoms with Crippen molar-refractivity contribution in [2.45, 2.75) is 0 Å². The lowest BCUT2D eigenvalue weighted by Crippen LogP contribution is -1.91. The zero-order valence-electron chi connectivity index (χ0n) is 14.2. The van der Waals surface area contributed by atoms with E-state index in [0.717, 1.165) is 32.6 Å². The van der Waals surface area contributed by atoms with Crippen molar-refractivity contribution in [1.82, 2.24) is 9.97 Å². The Morgan fingerprint density at radius 3 is 1.85 bits per heavy atom. The van der Waals surface area contributed by atoms with Gasteiger partial charge < -0.3 is 4.98 Å². The van der Waals surface area contributed by atoms with E-state index in [1.54, 1.807) is 18.2 Å². The van der Waals surface area contributed by atoms with E-state index in [-0.39, 0.29) is 0 Å². The maximum Gasteiger partial charge on any atom is 0.141 e. The number of rotatable bonds is 1. The first-order valence-electron chi connectivity index (χ1n) is 8.54. The second kappa shape index (κ2) is 5.69. The summed E-state index contributed by atoms with van der Waals surface area (Å²) in [5, 5.41) is 23.4. The van der Waals surface area contributed by atoms with Gasteiger partial charge in [0.15, 0.2) is 0 Å². The van der Waals surface area contributed by atoms with E-state index in [1.165, 1.54) is 0 Å². The molecule has 4 nitrogen and oxygen atoms in total. The molecule has 0 saturated carbocycles. The molecule has 5 rings (SSSR count). The summed E-state index contributed by atoms with van der Waals surface area (Å²) in [4.78, 5) is 8.20. The minimum Gasteiger partial charge on any atom is -0.337 e. The molecule has 1 heterocycles. The average molecular weight is 344 g/mol. The Labute approximate surface area is 154 Å². The van der Waals surface area contributed by atoms with E-state index >= 15 is 0 Å². The summed E-state index contributed by atoms with van der Waals surface area (Å²) in [5.74, 6) is 0.542. The van der Waals surface area contributed by atoms with Crippen molar-refractivity contribution in [3.63, 3.8) is 0 Å². The largest absolute Gasteiger partial charge is 0.337 e. The number of nitrogens with zero attached hydrogens (tertiary/aromatic N) is 3. The van der Waals surface area contributed by atoms with Gasteiger partial charge in [0.2, 0.25) is 0 Å². The molecule has 0 radical (unpaired) electrons. The van der Waals surface area contributed by atoms with Gasteiger partial charge in [0.05, 0.1) is 39.9 Å².